The van der Waals surface area contributed by atoms with E-state index in [1.165, 1.54) is 0 Å². The Morgan fingerprint density at radius 1 is 1.24 bits per heavy atom. The summed E-state index contributed by atoms with van der Waals surface area (Å²) in [4.78, 5) is 8.13. The Hall–Kier alpha value is -1.16. The normalized spacial score (nSPS) is 12.5. The lowest BCUT2D eigenvalue weighted by Gasteiger charge is -2.12. The zero-order chi connectivity index (χ0) is 12.4. The number of benzene rings is 1. The van der Waals surface area contributed by atoms with Crippen LogP contribution in [-0.4, -0.2) is 15.1 Å². The van der Waals surface area contributed by atoms with Crippen molar-refractivity contribution in [1.29, 1.82) is 0 Å². The van der Waals surface area contributed by atoms with Gasteiger partial charge in [0.05, 0.1) is 5.69 Å². The second-order valence-electron chi connectivity index (χ2n) is 3.60. The molecule has 0 amide bonds. The topological polar surface area (TPSA) is 46.0 Å². The lowest BCUT2D eigenvalue weighted by atomic mass is 10.1. The number of rotatable bonds is 2. The number of aliphatic hydroxyl groups is 1. The Labute approximate surface area is 109 Å². The van der Waals surface area contributed by atoms with Gasteiger partial charge in [-0.2, -0.15) is 0 Å². The standard InChI is InChI=1S/C12H10Cl2N2O/c1-7-15-5-4-11(16-7)12(17)9-6-8(13)2-3-10(9)14/h2-6,12,17H,1H3. The number of aryl methyl sites for hydroxylation is 1. The molecule has 1 heterocycles. The molecule has 0 aliphatic carbocycles. The fourth-order valence-corrected chi connectivity index (χ4v) is 1.91. The molecule has 3 nitrogen and oxygen atoms in total. The van der Waals surface area contributed by atoms with E-state index in [0.29, 0.717) is 27.1 Å². The predicted molar refractivity (Wildman–Crippen MR) is 67.3 cm³/mol. The fraction of sp³-hybridized carbons (Fsp3) is 0.167. The average Bonchev–Trinajstić information content (AvgIpc) is 2.31. The molecule has 88 valence electrons. The quantitative estimate of drug-likeness (QED) is 0.910. The van der Waals surface area contributed by atoms with E-state index < -0.39 is 6.10 Å². The van der Waals surface area contributed by atoms with E-state index in [1.54, 1.807) is 37.4 Å². The SMILES string of the molecule is Cc1nccc(C(O)c2cc(Cl)ccc2Cl)n1. The van der Waals surface area contributed by atoms with Gasteiger partial charge in [-0.1, -0.05) is 23.2 Å². The molecular formula is C12H10Cl2N2O. The van der Waals surface area contributed by atoms with Crippen molar-refractivity contribution in [3.63, 3.8) is 0 Å². The molecule has 1 unspecified atom stereocenters. The van der Waals surface area contributed by atoms with Gasteiger partial charge in [-0.15, -0.1) is 0 Å². The maximum atomic E-state index is 10.2. The van der Waals surface area contributed by atoms with Gasteiger partial charge in [0.2, 0.25) is 0 Å². The van der Waals surface area contributed by atoms with Crippen LogP contribution >= 0.6 is 23.2 Å². The summed E-state index contributed by atoms with van der Waals surface area (Å²) in [5, 5.41) is 11.2. The van der Waals surface area contributed by atoms with Crippen molar-refractivity contribution in [2.75, 3.05) is 0 Å². The molecule has 1 atom stereocenters. The highest BCUT2D eigenvalue weighted by atomic mass is 35.5. The highest BCUT2D eigenvalue weighted by Gasteiger charge is 2.15. The highest BCUT2D eigenvalue weighted by Crippen LogP contribution is 2.29. The third-order valence-corrected chi connectivity index (χ3v) is 2.91. The van der Waals surface area contributed by atoms with Crippen LogP contribution in [0.4, 0.5) is 0 Å². The summed E-state index contributed by atoms with van der Waals surface area (Å²) in [6.07, 6.45) is 0.696. The van der Waals surface area contributed by atoms with E-state index in [9.17, 15) is 5.11 Å². The molecule has 0 saturated heterocycles. The summed E-state index contributed by atoms with van der Waals surface area (Å²) in [6.45, 7) is 1.76. The molecule has 2 rings (SSSR count). The smallest absolute Gasteiger partial charge is 0.125 e. The van der Waals surface area contributed by atoms with E-state index in [4.69, 9.17) is 23.2 Å². The summed E-state index contributed by atoms with van der Waals surface area (Å²) in [5.41, 5.74) is 1.04. The molecule has 1 N–H and O–H groups in total. The van der Waals surface area contributed by atoms with Crippen LogP contribution in [0.15, 0.2) is 30.5 Å². The summed E-state index contributed by atoms with van der Waals surface area (Å²) in [7, 11) is 0. The highest BCUT2D eigenvalue weighted by molar-refractivity contribution is 6.33. The summed E-state index contributed by atoms with van der Waals surface area (Å²) in [5.74, 6) is 0.597. The minimum Gasteiger partial charge on any atom is -0.382 e. The largest absolute Gasteiger partial charge is 0.382 e. The van der Waals surface area contributed by atoms with Gasteiger partial charge in [-0.25, -0.2) is 9.97 Å². The third-order valence-electron chi connectivity index (χ3n) is 2.33. The predicted octanol–water partition coefficient (Wildman–Crippen LogP) is 3.17. The molecule has 2 aromatic rings. The van der Waals surface area contributed by atoms with E-state index in [-0.39, 0.29) is 0 Å². The van der Waals surface area contributed by atoms with Crippen LogP contribution in [0.5, 0.6) is 0 Å². The zero-order valence-corrected chi connectivity index (χ0v) is 10.6. The number of aromatic nitrogens is 2. The lowest BCUT2D eigenvalue weighted by Crippen LogP contribution is -2.04. The molecule has 0 bridgehead atoms. The molecule has 1 aromatic heterocycles. The van der Waals surface area contributed by atoms with Gasteiger partial charge in [0.25, 0.3) is 0 Å². The number of hydrogen-bond acceptors (Lipinski definition) is 3. The van der Waals surface area contributed by atoms with Crippen LogP contribution in [0.1, 0.15) is 23.2 Å². The van der Waals surface area contributed by atoms with Crippen LogP contribution in [0.3, 0.4) is 0 Å². The summed E-state index contributed by atoms with van der Waals surface area (Å²) in [6, 6.07) is 6.60. The molecule has 0 spiro atoms. The summed E-state index contributed by atoms with van der Waals surface area (Å²) < 4.78 is 0. The van der Waals surface area contributed by atoms with Crippen molar-refractivity contribution < 1.29 is 5.11 Å². The Morgan fingerprint density at radius 3 is 2.71 bits per heavy atom. The number of aliphatic hydroxyl groups excluding tert-OH is 1. The van der Waals surface area contributed by atoms with Crippen molar-refractivity contribution >= 4 is 23.2 Å². The van der Waals surface area contributed by atoms with E-state index in [2.05, 4.69) is 9.97 Å². The molecule has 0 fully saturated rings. The number of nitrogens with zero attached hydrogens (tertiary/aromatic N) is 2. The van der Waals surface area contributed by atoms with Crippen LogP contribution < -0.4 is 0 Å². The summed E-state index contributed by atoms with van der Waals surface area (Å²) >= 11 is 11.9. The maximum Gasteiger partial charge on any atom is 0.125 e. The molecule has 0 radical (unpaired) electrons. The van der Waals surface area contributed by atoms with Gasteiger partial charge in [-0.05, 0) is 31.2 Å². The Morgan fingerprint density at radius 2 is 2.00 bits per heavy atom. The zero-order valence-electron chi connectivity index (χ0n) is 9.06. The number of hydrogen-bond donors (Lipinski definition) is 1. The maximum absolute atomic E-state index is 10.2. The second kappa shape index (κ2) is 5.00. The van der Waals surface area contributed by atoms with Crippen LogP contribution in [0.2, 0.25) is 10.0 Å². The first-order valence-corrected chi connectivity index (χ1v) is 5.76. The van der Waals surface area contributed by atoms with Crippen molar-refractivity contribution in [2.45, 2.75) is 13.0 Å². The number of halogens is 2. The van der Waals surface area contributed by atoms with Crippen molar-refractivity contribution in [3.8, 4) is 0 Å². The average molecular weight is 269 g/mol. The van der Waals surface area contributed by atoms with Crippen molar-refractivity contribution in [1.82, 2.24) is 9.97 Å². The minimum atomic E-state index is -0.900. The van der Waals surface area contributed by atoms with Gasteiger partial charge in [0.15, 0.2) is 0 Å². The molecule has 0 aliphatic heterocycles. The Balaban J connectivity index is 2.43. The van der Waals surface area contributed by atoms with Gasteiger partial charge in [0, 0.05) is 21.8 Å². The molecule has 5 heteroatoms. The first-order valence-electron chi connectivity index (χ1n) is 5.00. The van der Waals surface area contributed by atoms with E-state index in [1.807, 2.05) is 0 Å². The van der Waals surface area contributed by atoms with E-state index >= 15 is 0 Å². The van der Waals surface area contributed by atoms with Crippen LogP contribution in [0, 0.1) is 6.92 Å². The lowest BCUT2D eigenvalue weighted by molar-refractivity contribution is 0.215. The van der Waals surface area contributed by atoms with Gasteiger partial charge < -0.3 is 5.11 Å². The van der Waals surface area contributed by atoms with Gasteiger partial charge >= 0.3 is 0 Å². The second-order valence-corrected chi connectivity index (χ2v) is 4.44. The monoisotopic (exact) mass is 268 g/mol. The van der Waals surface area contributed by atoms with Crippen LogP contribution in [-0.2, 0) is 0 Å². The minimum absolute atomic E-state index is 0.457. The first kappa shape index (κ1) is 12.3. The van der Waals surface area contributed by atoms with Crippen molar-refractivity contribution in [3.05, 3.63) is 57.6 Å². The van der Waals surface area contributed by atoms with E-state index in [0.717, 1.165) is 0 Å². The van der Waals surface area contributed by atoms with Gasteiger partial charge in [-0.3, -0.25) is 0 Å². The molecule has 1 aromatic carbocycles. The molecular weight excluding hydrogens is 259 g/mol. The Bertz CT molecular complexity index is 546. The molecule has 0 saturated carbocycles. The van der Waals surface area contributed by atoms with Crippen molar-refractivity contribution in [2.24, 2.45) is 0 Å². The van der Waals surface area contributed by atoms with Gasteiger partial charge in [0.1, 0.15) is 11.9 Å². The molecule has 17 heavy (non-hydrogen) atoms. The molecule has 0 aliphatic rings. The van der Waals surface area contributed by atoms with Crippen LogP contribution in [0.25, 0.3) is 0 Å². The third kappa shape index (κ3) is 2.75. The first-order chi connectivity index (χ1) is 8.08. The fourth-order valence-electron chi connectivity index (χ4n) is 1.51. The Kier molecular flexibility index (Phi) is 3.62.